The van der Waals surface area contributed by atoms with Crippen molar-refractivity contribution in [3.05, 3.63) is 59.2 Å². The van der Waals surface area contributed by atoms with E-state index in [1.54, 1.807) is 18.2 Å². The third-order valence-electron chi connectivity index (χ3n) is 3.01. The third-order valence-corrected chi connectivity index (χ3v) is 3.87. The zero-order valence-corrected chi connectivity index (χ0v) is 15.3. The Labute approximate surface area is 155 Å². The van der Waals surface area contributed by atoms with Crippen LogP contribution >= 0.6 is 0 Å². The van der Waals surface area contributed by atoms with E-state index in [1.165, 1.54) is 12.1 Å². The summed E-state index contributed by atoms with van der Waals surface area (Å²) in [5.41, 5.74) is 0.0412. The predicted molar refractivity (Wildman–Crippen MR) is 76.2 cm³/mol. The summed E-state index contributed by atoms with van der Waals surface area (Å²) in [6, 6.07) is 9.94. The SMILES string of the molecule is COc1cc(C=O)c(C(=O)c2ccccc2)cc1S(=O)(=O)[O-].[Na+]. The van der Waals surface area contributed by atoms with E-state index >= 15 is 0 Å². The van der Waals surface area contributed by atoms with E-state index < -0.39 is 20.8 Å². The first kappa shape index (κ1) is 19.5. The van der Waals surface area contributed by atoms with Gasteiger partial charge in [-0.05, 0) is 12.1 Å². The second-order valence-electron chi connectivity index (χ2n) is 4.36. The van der Waals surface area contributed by atoms with Gasteiger partial charge in [-0.25, -0.2) is 8.42 Å². The molecule has 0 aliphatic heterocycles. The molecule has 0 bridgehead atoms. The van der Waals surface area contributed by atoms with E-state index in [4.69, 9.17) is 4.74 Å². The van der Waals surface area contributed by atoms with Gasteiger partial charge >= 0.3 is 29.6 Å². The van der Waals surface area contributed by atoms with Crippen molar-refractivity contribution in [3.63, 3.8) is 0 Å². The molecule has 114 valence electrons. The van der Waals surface area contributed by atoms with Gasteiger partial charge in [-0.3, -0.25) is 9.59 Å². The van der Waals surface area contributed by atoms with Crippen LogP contribution in [0.1, 0.15) is 26.3 Å². The van der Waals surface area contributed by atoms with Gasteiger partial charge in [0.15, 0.2) is 12.1 Å². The molecule has 0 saturated carbocycles. The smallest absolute Gasteiger partial charge is 0.744 e. The van der Waals surface area contributed by atoms with Crippen molar-refractivity contribution in [1.82, 2.24) is 0 Å². The number of methoxy groups -OCH3 is 1. The van der Waals surface area contributed by atoms with Crippen molar-refractivity contribution in [1.29, 1.82) is 0 Å². The Morgan fingerprint density at radius 3 is 2.26 bits per heavy atom. The summed E-state index contributed by atoms with van der Waals surface area (Å²) >= 11 is 0. The predicted octanol–water partition coefficient (Wildman–Crippen LogP) is -1.35. The molecule has 0 atom stereocenters. The zero-order valence-electron chi connectivity index (χ0n) is 12.5. The van der Waals surface area contributed by atoms with Gasteiger partial charge in [0.2, 0.25) is 0 Å². The number of carbonyl (C=O) groups is 2. The van der Waals surface area contributed by atoms with Crippen LogP contribution < -0.4 is 34.3 Å². The van der Waals surface area contributed by atoms with Crippen molar-refractivity contribution in [2.24, 2.45) is 0 Å². The van der Waals surface area contributed by atoms with Crippen LogP contribution in [-0.2, 0) is 10.1 Å². The van der Waals surface area contributed by atoms with Gasteiger partial charge in [-0.1, -0.05) is 30.3 Å². The van der Waals surface area contributed by atoms with Gasteiger partial charge in [-0.15, -0.1) is 0 Å². The van der Waals surface area contributed by atoms with E-state index in [1.807, 2.05) is 0 Å². The molecule has 0 fully saturated rings. The second-order valence-corrected chi connectivity index (χ2v) is 5.71. The molecule has 0 aliphatic carbocycles. The van der Waals surface area contributed by atoms with Crippen LogP contribution in [0.4, 0.5) is 0 Å². The third kappa shape index (κ3) is 4.27. The molecule has 23 heavy (non-hydrogen) atoms. The van der Waals surface area contributed by atoms with Gasteiger partial charge < -0.3 is 9.29 Å². The van der Waals surface area contributed by atoms with Crippen LogP contribution in [0.25, 0.3) is 0 Å². The summed E-state index contributed by atoms with van der Waals surface area (Å²) in [7, 11) is -3.69. The number of ether oxygens (including phenoxy) is 1. The maximum atomic E-state index is 12.4. The first-order valence-corrected chi connectivity index (χ1v) is 7.52. The molecule has 0 aromatic heterocycles. The summed E-state index contributed by atoms with van der Waals surface area (Å²) in [6.07, 6.45) is 0.403. The van der Waals surface area contributed by atoms with Crippen LogP contribution in [-0.4, -0.2) is 32.1 Å². The molecular formula is C15H11NaO6S. The van der Waals surface area contributed by atoms with Gasteiger partial charge in [0, 0.05) is 16.7 Å². The number of aldehydes is 1. The van der Waals surface area contributed by atoms with Gasteiger partial charge in [0.25, 0.3) is 0 Å². The maximum absolute atomic E-state index is 12.4. The molecule has 2 aromatic carbocycles. The van der Waals surface area contributed by atoms with Crippen molar-refractivity contribution in [2.45, 2.75) is 4.90 Å². The molecule has 0 saturated heterocycles. The minimum absolute atomic E-state index is 0. The minimum atomic E-state index is -4.85. The number of hydrogen-bond acceptors (Lipinski definition) is 6. The first-order chi connectivity index (χ1) is 10.4. The van der Waals surface area contributed by atoms with E-state index in [2.05, 4.69) is 0 Å². The van der Waals surface area contributed by atoms with Crippen molar-refractivity contribution in [2.75, 3.05) is 7.11 Å². The maximum Gasteiger partial charge on any atom is 1.00 e. The first-order valence-electron chi connectivity index (χ1n) is 6.11. The molecule has 2 rings (SSSR count). The van der Waals surface area contributed by atoms with Crippen LogP contribution in [0.2, 0.25) is 0 Å². The topological polar surface area (TPSA) is 101 Å². The molecule has 0 N–H and O–H groups in total. The largest absolute Gasteiger partial charge is 1.00 e. The van der Waals surface area contributed by atoms with Crippen LogP contribution in [0.5, 0.6) is 5.75 Å². The monoisotopic (exact) mass is 342 g/mol. The van der Waals surface area contributed by atoms with E-state index in [9.17, 15) is 22.6 Å². The number of benzene rings is 2. The Hall–Kier alpha value is -1.51. The summed E-state index contributed by atoms with van der Waals surface area (Å²) in [4.78, 5) is 22.9. The van der Waals surface area contributed by atoms with Gasteiger partial charge in [-0.2, -0.15) is 0 Å². The number of hydrogen-bond donors (Lipinski definition) is 0. The summed E-state index contributed by atoms with van der Waals surface area (Å²) in [5.74, 6) is -0.836. The Kier molecular flexibility index (Phi) is 6.67. The number of carbonyl (C=O) groups excluding carboxylic acids is 2. The van der Waals surface area contributed by atoms with Gasteiger partial charge in [0.1, 0.15) is 15.9 Å². The number of ketones is 1. The van der Waals surface area contributed by atoms with E-state index in [0.717, 1.165) is 19.2 Å². The van der Waals surface area contributed by atoms with Crippen molar-refractivity contribution in [3.8, 4) is 5.75 Å². The molecule has 6 nitrogen and oxygen atoms in total. The molecule has 0 unspecified atom stereocenters. The van der Waals surface area contributed by atoms with Crippen LogP contribution in [0, 0.1) is 0 Å². The Morgan fingerprint density at radius 2 is 1.78 bits per heavy atom. The fraction of sp³-hybridized carbons (Fsp3) is 0.0667. The molecule has 8 heteroatoms. The molecule has 0 aliphatic rings. The molecular weight excluding hydrogens is 331 g/mol. The molecule has 2 aromatic rings. The summed E-state index contributed by atoms with van der Waals surface area (Å²) in [5, 5.41) is 0. The molecule has 0 amide bonds. The Morgan fingerprint density at radius 1 is 1.17 bits per heavy atom. The fourth-order valence-electron chi connectivity index (χ4n) is 1.97. The van der Waals surface area contributed by atoms with Crippen molar-refractivity contribution < 1.29 is 56.9 Å². The summed E-state index contributed by atoms with van der Waals surface area (Å²) < 4.78 is 38.7. The molecule has 0 heterocycles. The second kappa shape index (κ2) is 7.85. The Balaban J connectivity index is 0.00000264. The minimum Gasteiger partial charge on any atom is -0.744 e. The number of rotatable bonds is 5. The molecule has 0 spiro atoms. The zero-order chi connectivity index (χ0) is 16.3. The summed E-state index contributed by atoms with van der Waals surface area (Å²) in [6.45, 7) is 0. The van der Waals surface area contributed by atoms with Crippen molar-refractivity contribution >= 4 is 22.2 Å². The van der Waals surface area contributed by atoms with Gasteiger partial charge in [0.05, 0.1) is 12.0 Å². The van der Waals surface area contributed by atoms with Crippen LogP contribution in [0.15, 0.2) is 47.4 Å². The average Bonchev–Trinajstić information content (AvgIpc) is 2.52. The normalized spacial score (nSPS) is 10.5. The van der Waals surface area contributed by atoms with E-state index in [-0.39, 0.29) is 52.0 Å². The van der Waals surface area contributed by atoms with Crippen LogP contribution in [0.3, 0.4) is 0 Å². The standard InChI is InChI=1S/C15H12O6S.Na/c1-21-13-7-11(9-16)12(8-14(13)22(18,19)20)15(17)10-5-3-2-4-6-10;/h2-9H,1H3,(H,18,19,20);/q;+1/p-1. The Bertz CT molecular complexity index is 831. The quantitative estimate of drug-likeness (QED) is 0.288. The molecule has 0 radical (unpaired) electrons. The fourth-order valence-corrected chi connectivity index (χ4v) is 2.62. The van der Waals surface area contributed by atoms with E-state index in [0.29, 0.717) is 6.29 Å². The average molecular weight is 342 g/mol.